The zero-order valence-corrected chi connectivity index (χ0v) is 11.6. The number of nitrogens with zero attached hydrogens (tertiary/aromatic N) is 1. The maximum absolute atomic E-state index is 11.1. The van der Waals surface area contributed by atoms with Crippen LogP contribution in [-0.4, -0.2) is 4.92 Å². The van der Waals surface area contributed by atoms with Gasteiger partial charge in [0.15, 0.2) is 0 Å². The largest absolute Gasteiger partial charge is 0.288 e. The van der Waals surface area contributed by atoms with E-state index < -0.39 is 0 Å². The Bertz CT molecular complexity index is 421. The van der Waals surface area contributed by atoms with E-state index in [4.69, 9.17) is 11.6 Å². The van der Waals surface area contributed by atoms with Gasteiger partial charge in [0.05, 0.1) is 15.3 Å². The SMILES string of the molecule is CCc1cc(CC)c(CCl)c([N+](=O)[O-])c1Br. The molecule has 0 aliphatic heterocycles. The fourth-order valence-electron chi connectivity index (χ4n) is 1.71. The normalized spacial score (nSPS) is 10.5. The minimum absolute atomic E-state index is 0.117. The van der Waals surface area contributed by atoms with Gasteiger partial charge in [0.2, 0.25) is 0 Å². The first-order valence-electron chi connectivity index (χ1n) is 5.10. The van der Waals surface area contributed by atoms with Crippen molar-refractivity contribution in [3.63, 3.8) is 0 Å². The van der Waals surface area contributed by atoms with E-state index in [1.165, 1.54) is 0 Å². The molecule has 0 heterocycles. The number of halogens is 2. The van der Waals surface area contributed by atoms with Crippen LogP contribution in [0.5, 0.6) is 0 Å². The van der Waals surface area contributed by atoms with E-state index in [0.29, 0.717) is 10.0 Å². The van der Waals surface area contributed by atoms with Crippen LogP contribution in [0.3, 0.4) is 0 Å². The third kappa shape index (κ3) is 2.38. The molecule has 0 spiro atoms. The maximum atomic E-state index is 11.1. The van der Waals surface area contributed by atoms with E-state index in [1.807, 2.05) is 19.9 Å². The first-order chi connectivity index (χ1) is 7.56. The number of alkyl halides is 1. The van der Waals surface area contributed by atoms with Gasteiger partial charge in [-0.1, -0.05) is 19.9 Å². The van der Waals surface area contributed by atoms with Gasteiger partial charge < -0.3 is 0 Å². The van der Waals surface area contributed by atoms with E-state index in [2.05, 4.69) is 15.9 Å². The minimum atomic E-state index is -0.361. The predicted molar refractivity (Wildman–Crippen MR) is 69.1 cm³/mol. The number of nitro benzene ring substituents is 1. The molecule has 1 rings (SSSR count). The highest BCUT2D eigenvalue weighted by molar-refractivity contribution is 9.10. The highest BCUT2D eigenvalue weighted by Crippen LogP contribution is 2.36. The molecule has 0 aliphatic rings. The quantitative estimate of drug-likeness (QED) is 0.475. The van der Waals surface area contributed by atoms with Crippen molar-refractivity contribution in [3.05, 3.63) is 37.3 Å². The van der Waals surface area contributed by atoms with E-state index in [0.717, 1.165) is 24.0 Å². The number of rotatable bonds is 4. The highest BCUT2D eigenvalue weighted by Gasteiger charge is 2.23. The summed E-state index contributed by atoms with van der Waals surface area (Å²) in [5.41, 5.74) is 2.66. The van der Waals surface area contributed by atoms with E-state index in [9.17, 15) is 10.1 Å². The summed E-state index contributed by atoms with van der Waals surface area (Å²) >= 11 is 9.10. The Hall–Kier alpha value is -0.610. The molecule has 0 atom stereocenters. The van der Waals surface area contributed by atoms with Crippen LogP contribution < -0.4 is 0 Å². The smallest absolute Gasteiger partial charge is 0.258 e. The van der Waals surface area contributed by atoms with Gasteiger partial charge in [-0.3, -0.25) is 10.1 Å². The second-order valence-electron chi connectivity index (χ2n) is 3.43. The molecule has 5 heteroatoms. The van der Waals surface area contributed by atoms with Crippen LogP contribution in [0.4, 0.5) is 5.69 Å². The molecule has 16 heavy (non-hydrogen) atoms. The van der Waals surface area contributed by atoms with Crippen LogP contribution >= 0.6 is 27.5 Å². The van der Waals surface area contributed by atoms with E-state index >= 15 is 0 Å². The van der Waals surface area contributed by atoms with Crippen molar-refractivity contribution >= 4 is 33.2 Å². The van der Waals surface area contributed by atoms with Crippen LogP contribution in [-0.2, 0) is 18.7 Å². The Morgan fingerprint density at radius 1 is 1.38 bits per heavy atom. The Morgan fingerprint density at radius 3 is 2.31 bits per heavy atom. The molecule has 0 bridgehead atoms. The van der Waals surface area contributed by atoms with Gasteiger partial charge >= 0.3 is 0 Å². The lowest BCUT2D eigenvalue weighted by Gasteiger charge is -2.11. The minimum Gasteiger partial charge on any atom is -0.258 e. The number of benzene rings is 1. The molecule has 1 aromatic rings. The van der Waals surface area contributed by atoms with Gasteiger partial charge in [-0.25, -0.2) is 0 Å². The molecule has 0 amide bonds. The number of aryl methyl sites for hydroxylation is 2. The number of nitro groups is 1. The fourth-order valence-corrected chi connectivity index (χ4v) is 2.79. The van der Waals surface area contributed by atoms with Crippen molar-refractivity contribution < 1.29 is 4.92 Å². The molecular weight excluding hydrogens is 293 g/mol. The Kier molecular flexibility index (Phi) is 4.74. The molecule has 1 aromatic carbocycles. The first-order valence-corrected chi connectivity index (χ1v) is 6.42. The molecule has 0 saturated carbocycles. The van der Waals surface area contributed by atoms with Crippen LogP contribution in [0.25, 0.3) is 0 Å². The number of hydrogen-bond acceptors (Lipinski definition) is 2. The summed E-state index contributed by atoms with van der Waals surface area (Å²) in [4.78, 5) is 10.7. The highest BCUT2D eigenvalue weighted by atomic mass is 79.9. The second-order valence-corrected chi connectivity index (χ2v) is 4.49. The molecule has 0 N–H and O–H groups in total. The lowest BCUT2D eigenvalue weighted by Crippen LogP contribution is -2.02. The van der Waals surface area contributed by atoms with Crippen molar-refractivity contribution in [1.82, 2.24) is 0 Å². The van der Waals surface area contributed by atoms with Gasteiger partial charge in [0.25, 0.3) is 5.69 Å². The first kappa shape index (κ1) is 13.5. The van der Waals surface area contributed by atoms with Crippen LogP contribution in [0.2, 0.25) is 0 Å². The molecule has 0 fully saturated rings. The molecule has 0 saturated heterocycles. The van der Waals surface area contributed by atoms with Crippen LogP contribution in [0, 0.1) is 10.1 Å². The van der Waals surface area contributed by atoms with Crippen molar-refractivity contribution in [2.24, 2.45) is 0 Å². The lowest BCUT2D eigenvalue weighted by atomic mass is 9.99. The summed E-state index contributed by atoms with van der Waals surface area (Å²) in [7, 11) is 0. The van der Waals surface area contributed by atoms with Gasteiger partial charge in [-0.05, 0) is 39.9 Å². The van der Waals surface area contributed by atoms with Gasteiger partial charge in [0, 0.05) is 5.56 Å². The molecule has 0 radical (unpaired) electrons. The summed E-state index contributed by atoms with van der Waals surface area (Å²) in [6.45, 7) is 3.95. The maximum Gasteiger partial charge on any atom is 0.288 e. The average molecular weight is 307 g/mol. The number of hydrogen-bond donors (Lipinski definition) is 0. The Labute approximate surface area is 108 Å². The third-order valence-corrected chi connectivity index (χ3v) is 3.74. The summed E-state index contributed by atoms with van der Waals surface area (Å²) in [5.74, 6) is 0.169. The van der Waals surface area contributed by atoms with Crippen LogP contribution in [0.15, 0.2) is 10.5 Å². The zero-order chi connectivity index (χ0) is 12.3. The zero-order valence-electron chi connectivity index (χ0n) is 9.22. The summed E-state index contributed by atoms with van der Waals surface area (Å²) < 4.78 is 0.563. The molecule has 88 valence electrons. The van der Waals surface area contributed by atoms with Gasteiger partial charge in [-0.15, -0.1) is 11.6 Å². The molecular formula is C11H13BrClNO2. The monoisotopic (exact) mass is 305 g/mol. The van der Waals surface area contributed by atoms with Crippen molar-refractivity contribution in [3.8, 4) is 0 Å². The summed E-state index contributed by atoms with van der Waals surface area (Å²) in [6, 6.07) is 1.99. The van der Waals surface area contributed by atoms with Crippen LogP contribution in [0.1, 0.15) is 30.5 Å². The second kappa shape index (κ2) is 5.64. The van der Waals surface area contributed by atoms with Gasteiger partial charge in [0.1, 0.15) is 0 Å². The molecule has 0 aromatic heterocycles. The Morgan fingerprint density at radius 2 is 1.94 bits per heavy atom. The van der Waals surface area contributed by atoms with Crippen molar-refractivity contribution in [2.45, 2.75) is 32.6 Å². The standard InChI is InChI=1S/C11H13BrClNO2/c1-3-7-5-8(4-2)10(12)11(14(15)16)9(7)6-13/h5H,3-4,6H2,1-2H3. The van der Waals surface area contributed by atoms with E-state index in [-0.39, 0.29) is 16.5 Å². The predicted octanol–water partition coefficient (Wildman–Crippen LogP) is 4.22. The van der Waals surface area contributed by atoms with Gasteiger partial charge in [-0.2, -0.15) is 0 Å². The summed E-state index contributed by atoms with van der Waals surface area (Å²) in [6.07, 6.45) is 1.51. The summed E-state index contributed by atoms with van der Waals surface area (Å²) in [5, 5.41) is 11.1. The van der Waals surface area contributed by atoms with E-state index in [1.54, 1.807) is 0 Å². The molecule has 3 nitrogen and oxygen atoms in total. The molecule has 0 aliphatic carbocycles. The fraction of sp³-hybridized carbons (Fsp3) is 0.455. The third-order valence-electron chi connectivity index (χ3n) is 2.59. The van der Waals surface area contributed by atoms with Crippen molar-refractivity contribution in [1.29, 1.82) is 0 Å². The topological polar surface area (TPSA) is 43.1 Å². The molecule has 0 unspecified atom stereocenters. The average Bonchev–Trinajstić information content (AvgIpc) is 2.27. The lowest BCUT2D eigenvalue weighted by molar-refractivity contribution is -0.386. The van der Waals surface area contributed by atoms with Crippen molar-refractivity contribution in [2.75, 3.05) is 0 Å². The Balaban J connectivity index is 3.57.